The van der Waals surface area contributed by atoms with Crippen LogP contribution in [0.25, 0.3) is 0 Å². The monoisotopic (exact) mass is 326 g/mol. The van der Waals surface area contributed by atoms with Crippen LogP contribution in [0, 0.1) is 0 Å². The maximum atomic E-state index is 12.3. The van der Waals surface area contributed by atoms with Crippen molar-refractivity contribution in [3.8, 4) is 5.75 Å². The highest BCUT2D eigenvalue weighted by atomic mass is 16.5. The summed E-state index contributed by atoms with van der Waals surface area (Å²) in [4.78, 5) is 24.8. The van der Waals surface area contributed by atoms with Crippen molar-refractivity contribution in [3.05, 3.63) is 48.8 Å². The zero-order valence-corrected chi connectivity index (χ0v) is 13.7. The molecule has 0 atom stereocenters. The Morgan fingerprint density at radius 2 is 1.71 bits per heavy atom. The number of hydrogen-bond acceptors (Lipinski definition) is 5. The fourth-order valence-corrected chi connectivity index (χ4v) is 2.70. The molecule has 1 aromatic carbocycles. The van der Waals surface area contributed by atoms with Gasteiger partial charge in [0.25, 0.3) is 0 Å². The molecule has 2 aromatic rings. The van der Waals surface area contributed by atoms with E-state index < -0.39 is 0 Å². The summed E-state index contributed by atoms with van der Waals surface area (Å²) >= 11 is 0. The number of aromatic nitrogens is 2. The molecule has 0 aliphatic carbocycles. The van der Waals surface area contributed by atoms with Gasteiger partial charge in [-0.25, -0.2) is 9.97 Å². The summed E-state index contributed by atoms with van der Waals surface area (Å²) in [7, 11) is 0. The van der Waals surface area contributed by atoms with Gasteiger partial charge in [0, 0.05) is 45.0 Å². The minimum absolute atomic E-state index is 0.195. The second-order valence-electron chi connectivity index (χ2n) is 5.68. The third-order valence-corrected chi connectivity index (χ3v) is 4.01. The van der Waals surface area contributed by atoms with Crippen LogP contribution >= 0.6 is 0 Å². The Morgan fingerprint density at radius 1 is 1.00 bits per heavy atom. The van der Waals surface area contributed by atoms with Crippen LogP contribution in [0.3, 0.4) is 0 Å². The highest BCUT2D eigenvalue weighted by molar-refractivity contribution is 5.76. The normalized spacial score (nSPS) is 14.5. The number of benzene rings is 1. The molecular weight excluding hydrogens is 304 g/mol. The van der Waals surface area contributed by atoms with Crippen molar-refractivity contribution in [2.45, 2.75) is 12.8 Å². The summed E-state index contributed by atoms with van der Waals surface area (Å²) in [5, 5.41) is 0. The van der Waals surface area contributed by atoms with Crippen LogP contribution in [0.5, 0.6) is 5.75 Å². The van der Waals surface area contributed by atoms with E-state index >= 15 is 0 Å². The average molecular weight is 326 g/mol. The number of carbonyl (C=O) groups excluding carboxylic acids is 1. The van der Waals surface area contributed by atoms with E-state index in [1.807, 2.05) is 35.2 Å². The molecule has 1 fully saturated rings. The summed E-state index contributed by atoms with van der Waals surface area (Å²) in [5.74, 6) is 1.78. The molecule has 0 N–H and O–H groups in total. The number of anilines is 1. The Kier molecular flexibility index (Phi) is 5.61. The average Bonchev–Trinajstić information content (AvgIpc) is 2.67. The number of nitrogens with zero attached hydrogens (tertiary/aromatic N) is 4. The number of carbonyl (C=O) groups is 1. The summed E-state index contributed by atoms with van der Waals surface area (Å²) in [6, 6.07) is 11.5. The maximum absolute atomic E-state index is 12.3. The molecule has 1 amide bonds. The van der Waals surface area contributed by atoms with Crippen molar-refractivity contribution in [3.63, 3.8) is 0 Å². The predicted octanol–water partition coefficient (Wildman–Crippen LogP) is 1.98. The fraction of sp³-hybridized carbons (Fsp3) is 0.389. The molecule has 126 valence electrons. The second-order valence-corrected chi connectivity index (χ2v) is 5.68. The molecule has 0 unspecified atom stereocenters. The molecule has 3 rings (SSSR count). The summed E-state index contributed by atoms with van der Waals surface area (Å²) in [5.41, 5.74) is 0. The lowest BCUT2D eigenvalue weighted by Crippen LogP contribution is -2.49. The van der Waals surface area contributed by atoms with Gasteiger partial charge in [-0.3, -0.25) is 4.79 Å². The van der Waals surface area contributed by atoms with Crippen LogP contribution in [-0.4, -0.2) is 53.6 Å². The number of para-hydroxylation sites is 1. The SMILES string of the molecule is O=C(CCCOc1ccccc1)N1CCN(c2ncccn2)CC1. The number of ether oxygens (including phenoxy) is 1. The first-order valence-corrected chi connectivity index (χ1v) is 8.30. The van der Waals surface area contributed by atoms with Crippen molar-refractivity contribution >= 4 is 11.9 Å². The number of amides is 1. The van der Waals surface area contributed by atoms with Crippen LogP contribution < -0.4 is 9.64 Å². The maximum Gasteiger partial charge on any atom is 0.225 e. The van der Waals surface area contributed by atoms with Gasteiger partial charge in [0.15, 0.2) is 0 Å². The van der Waals surface area contributed by atoms with Crippen LogP contribution in [0.1, 0.15) is 12.8 Å². The molecule has 0 bridgehead atoms. The first-order valence-electron chi connectivity index (χ1n) is 8.30. The number of piperazine rings is 1. The lowest BCUT2D eigenvalue weighted by atomic mass is 10.2. The van der Waals surface area contributed by atoms with Gasteiger partial charge in [-0.2, -0.15) is 0 Å². The van der Waals surface area contributed by atoms with Gasteiger partial charge in [0.05, 0.1) is 6.61 Å². The van der Waals surface area contributed by atoms with Crippen LogP contribution in [0.15, 0.2) is 48.8 Å². The van der Waals surface area contributed by atoms with Crippen LogP contribution in [0.4, 0.5) is 5.95 Å². The minimum atomic E-state index is 0.195. The third-order valence-electron chi connectivity index (χ3n) is 4.01. The lowest BCUT2D eigenvalue weighted by molar-refractivity contribution is -0.131. The van der Waals surface area contributed by atoms with Gasteiger partial charge < -0.3 is 14.5 Å². The van der Waals surface area contributed by atoms with E-state index in [9.17, 15) is 4.79 Å². The molecule has 6 heteroatoms. The Hall–Kier alpha value is -2.63. The van der Waals surface area contributed by atoms with E-state index in [0.717, 1.165) is 44.3 Å². The van der Waals surface area contributed by atoms with Crippen LogP contribution in [0.2, 0.25) is 0 Å². The molecule has 1 saturated heterocycles. The molecule has 0 saturated carbocycles. The molecule has 6 nitrogen and oxygen atoms in total. The molecular formula is C18H22N4O2. The zero-order chi connectivity index (χ0) is 16.6. The number of rotatable bonds is 6. The predicted molar refractivity (Wildman–Crippen MR) is 92.0 cm³/mol. The molecule has 1 aliphatic heterocycles. The Balaban J connectivity index is 1.36. The quantitative estimate of drug-likeness (QED) is 0.760. The fourth-order valence-electron chi connectivity index (χ4n) is 2.70. The van der Waals surface area contributed by atoms with Crippen molar-refractivity contribution in [1.29, 1.82) is 0 Å². The molecule has 0 radical (unpaired) electrons. The molecule has 1 aliphatic rings. The van der Waals surface area contributed by atoms with Gasteiger partial charge in [0.2, 0.25) is 11.9 Å². The highest BCUT2D eigenvalue weighted by Crippen LogP contribution is 2.12. The topological polar surface area (TPSA) is 58.6 Å². The second kappa shape index (κ2) is 8.29. The van der Waals surface area contributed by atoms with Gasteiger partial charge in [-0.15, -0.1) is 0 Å². The molecule has 0 spiro atoms. The summed E-state index contributed by atoms with van der Waals surface area (Å²) in [6.45, 7) is 3.55. The lowest BCUT2D eigenvalue weighted by Gasteiger charge is -2.34. The van der Waals surface area contributed by atoms with Crippen molar-refractivity contribution < 1.29 is 9.53 Å². The molecule has 24 heavy (non-hydrogen) atoms. The molecule has 2 heterocycles. The first-order chi connectivity index (χ1) is 11.8. The minimum Gasteiger partial charge on any atom is -0.494 e. The van der Waals surface area contributed by atoms with Gasteiger partial charge in [-0.1, -0.05) is 18.2 Å². The molecule has 1 aromatic heterocycles. The zero-order valence-electron chi connectivity index (χ0n) is 13.7. The Morgan fingerprint density at radius 3 is 2.42 bits per heavy atom. The van der Waals surface area contributed by atoms with Gasteiger partial charge in [0.1, 0.15) is 5.75 Å². The van der Waals surface area contributed by atoms with Gasteiger partial charge >= 0.3 is 0 Å². The van der Waals surface area contributed by atoms with E-state index in [-0.39, 0.29) is 5.91 Å². The van der Waals surface area contributed by atoms with E-state index in [4.69, 9.17) is 4.74 Å². The van der Waals surface area contributed by atoms with Crippen molar-refractivity contribution in [2.75, 3.05) is 37.7 Å². The van der Waals surface area contributed by atoms with Crippen molar-refractivity contribution in [1.82, 2.24) is 14.9 Å². The highest BCUT2D eigenvalue weighted by Gasteiger charge is 2.21. The standard InChI is InChI=1S/C18H22N4O2/c23-17(8-4-15-24-16-6-2-1-3-7-16)21-11-13-22(14-12-21)18-19-9-5-10-20-18/h1-3,5-7,9-10H,4,8,11-15H2. The van der Waals surface area contributed by atoms with E-state index in [1.54, 1.807) is 18.5 Å². The first kappa shape index (κ1) is 16.2. The van der Waals surface area contributed by atoms with E-state index in [0.29, 0.717) is 13.0 Å². The number of hydrogen-bond donors (Lipinski definition) is 0. The third kappa shape index (κ3) is 4.44. The van der Waals surface area contributed by atoms with E-state index in [2.05, 4.69) is 14.9 Å². The largest absolute Gasteiger partial charge is 0.494 e. The van der Waals surface area contributed by atoms with E-state index in [1.165, 1.54) is 0 Å². The Labute approximate surface area is 142 Å². The van der Waals surface area contributed by atoms with Gasteiger partial charge in [-0.05, 0) is 24.6 Å². The summed E-state index contributed by atoms with van der Waals surface area (Å²) < 4.78 is 5.62. The van der Waals surface area contributed by atoms with Crippen LogP contribution in [-0.2, 0) is 4.79 Å². The Bertz CT molecular complexity index is 628. The summed E-state index contributed by atoms with van der Waals surface area (Å²) in [6.07, 6.45) is 4.74. The smallest absolute Gasteiger partial charge is 0.225 e. The van der Waals surface area contributed by atoms with Crippen molar-refractivity contribution in [2.24, 2.45) is 0 Å².